The third kappa shape index (κ3) is 4.01. The topological polar surface area (TPSA) is 62.3 Å². The zero-order chi connectivity index (χ0) is 18.0. The standard InChI is InChI=1S/C17H17F2N3O2S/c1-2-15(23)22-9-11(7-17(18,19)10-22)16(24)20-8-14-21-12-5-3-4-6-13(12)25-14/h2-6,11H,1,7-10H2,(H,20,24). The number of hydrogen-bond donors (Lipinski definition) is 1. The smallest absolute Gasteiger partial charge is 0.266 e. The largest absolute Gasteiger partial charge is 0.349 e. The number of carbonyl (C=O) groups is 2. The summed E-state index contributed by atoms with van der Waals surface area (Å²) in [4.78, 5) is 29.3. The fourth-order valence-electron chi connectivity index (χ4n) is 2.87. The van der Waals surface area contributed by atoms with E-state index in [4.69, 9.17) is 0 Å². The molecular formula is C17H17F2N3O2S. The Labute approximate surface area is 147 Å². The van der Waals surface area contributed by atoms with Crippen LogP contribution in [0.5, 0.6) is 0 Å². The molecule has 1 fully saturated rings. The third-order valence-corrected chi connectivity index (χ3v) is 5.05. The zero-order valence-corrected chi connectivity index (χ0v) is 14.2. The number of amides is 2. The van der Waals surface area contributed by atoms with Crippen molar-refractivity contribution in [2.45, 2.75) is 18.9 Å². The molecule has 1 aliphatic rings. The van der Waals surface area contributed by atoms with Crippen molar-refractivity contribution in [3.8, 4) is 0 Å². The van der Waals surface area contributed by atoms with Crippen LogP contribution in [-0.4, -0.2) is 40.7 Å². The predicted octanol–water partition coefficient (Wildman–Crippen LogP) is 2.58. The second kappa shape index (κ2) is 6.87. The SMILES string of the molecule is C=CC(=O)N1CC(C(=O)NCc2nc3ccccc3s2)CC(F)(F)C1. The van der Waals surface area contributed by atoms with Gasteiger partial charge in [0.05, 0.1) is 29.2 Å². The number of nitrogens with zero attached hydrogens (tertiary/aromatic N) is 2. The minimum Gasteiger partial charge on any atom is -0.349 e. The number of likely N-dealkylation sites (tertiary alicyclic amines) is 1. The molecule has 3 rings (SSSR count). The monoisotopic (exact) mass is 365 g/mol. The van der Waals surface area contributed by atoms with Gasteiger partial charge in [0, 0.05) is 13.0 Å². The summed E-state index contributed by atoms with van der Waals surface area (Å²) >= 11 is 1.44. The van der Waals surface area contributed by atoms with Crippen LogP contribution in [0.25, 0.3) is 10.2 Å². The molecule has 5 nitrogen and oxygen atoms in total. The van der Waals surface area contributed by atoms with Crippen LogP contribution in [0.1, 0.15) is 11.4 Å². The minimum atomic E-state index is -3.09. The van der Waals surface area contributed by atoms with E-state index in [0.717, 1.165) is 21.2 Å². The van der Waals surface area contributed by atoms with Gasteiger partial charge in [0.1, 0.15) is 5.01 Å². The lowest BCUT2D eigenvalue weighted by Crippen LogP contribution is -2.52. The van der Waals surface area contributed by atoms with Crippen molar-refractivity contribution in [3.63, 3.8) is 0 Å². The zero-order valence-electron chi connectivity index (χ0n) is 13.4. The van der Waals surface area contributed by atoms with E-state index in [1.165, 1.54) is 11.3 Å². The Morgan fingerprint density at radius 2 is 2.20 bits per heavy atom. The van der Waals surface area contributed by atoms with Crippen LogP contribution in [0.4, 0.5) is 8.78 Å². The minimum absolute atomic E-state index is 0.0356. The van der Waals surface area contributed by atoms with Crippen molar-refractivity contribution in [3.05, 3.63) is 41.9 Å². The molecule has 2 aromatic rings. The van der Waals surface area contributed by atoms with E-state index in [1.807, 2.05) is 24.3 Å². The lowest BCUT2D eigenvalue weighted by Gasteiger charge is -2.36. The molecule has 1 aromatic heterocycles. The van der Waals surface area contributed by atoms with Crippen LogP contribution in [0.2, 0.25) is 0 Å². The number of thiazole rings is 1. The number of hydrogen-bond acceptors (Lipinski definition) is 4. The van der Waals surface area contributed by atoms with Gasteiger partial charge in [-0.05, 0) is 18.2 Å². The van der Waals surface area contributed by atoms with Crippen LogP contribution in [-0.2, 0) is 16.1 Å². The number of nitrogens with one attached hydrogen (secondary N) is 1. The Morgan fingerprint density at radius 1 is 1.44 bits per heavy atom. The average molecular weight is 365 g/mol. The number of rotatable bonds is 4. The maximum absolute atomic E-state index is 13.8. The highest BCUT2D eigenvalue weighted by Gasteiger charge is 2.44. The van der Waals surface area contributed by atoms with Crippen molar-refractivity contribution < 1.29 is 18.4 Å². The fraction of sp³-hybridized carbons (Fsp3) is 0.353. The average Bonchev–Trinajstić information content (AvgIpc) is 3.00. The van der Waals surface area contributed by atoms with E-state index in [1.54, 1.807) is 0 Å². The van der Waals surface area contributed by atoms with Crippen molar-refractivity contribution >= 4 is 33.4 Å². The van der Waals surface area contributed by atoms with Gasteiger partial charge >= 0.3 is 0 Å². The molecule has 1 N–H and O–H groups in total. The van der Waals surface area contributed by atoms with Gasteiger partial charge in [-0.2, -0.15) is 0 Å². The number of carbonyl (C=O) groups excluding carboxylic acids is 2. The second-order valence-corrected chi connectivity index (χ2v) is 7.09. The molecule has 0 aliphatic carbocycles. The first-order chi connectivity index (χ1) is 11.9. The van der Waals surface area contributed by atoms with Gasteiger partial charge in [-0.1, -0.05) is 18.7 Å². The lowest BCUT2D eigenvalue weighted by molar-refractivity contribution is -0.147. The summed E-state index contributed by atoms with van der Waals surface area (Å²) in [7, 11) is 0. The number of piperidine rings is 1. The van der Waals surface area contributed by atoms with Gasteiger partial charge in [0.2, 0.25) is 11.8 Å². The van der Waals surface area contributed by atoms with Crippen molar-refractivity contribution in [1.82, 2.24) is 15.2 Å². The van der Waals surface area contributed by atoms with E-state index < -0.39 is 36.6 Å². The van der Waals surface area contributed by atoms with Crippen molar-refractivity contribution in [2.75, 3.05) is 13.1 Å². The highest BCUT2D eigenvalue weighted by Crippen LogP contribution is 2.31. The summed E-state index contributed by atoms with van der Waals surface area (Å²) < 4.78 is 28.7. The Kier molecular flexibility index (Phi) is 4.80. The van der Waals surface area contributed by atoms with Gasteiger partial charge in [-0.15, -0.1) is 11.3 Å². The number of para-hydroxylation sites is 1. The maximum atomic E-state index is 13.8. The molecular weight excluding hydrogens is 348 g/mol. The van der Waals surface area contributed by atoms with Crippen molar-refractivity contribution in [1.29, 1.82) is 0 Å². The molecule has 2 amide bonds. The van der Waals surface area contributed by atoms with Crippen LogP contribution in [0.15, 0.2) is 36.9 Å². The molecule has 2 heterocycles. The molecule has 132 valence electrons. The summed E-state index contributed by atoms with van der Waals surface area (Å²) in [5.41, 5.74) is 0.837. The molecule has 1 atom stereocenters. The number of aromatic nitrogens is 1. The maximum Gasteiger partial charge on any atom is 0.266 e. The Bertz CT molecular complexity index is 788. The van der Waals surface area contributed by atoms with Crippen LogP contribution in [0.3, 0.4) is 0 Å². The van der Waals surface area contributed by atoms with Gasteiger partial charge in [0.25, 0.3) is 5.92 Å². The normalized spacial score (nSPS) is 19.6. The lowest BCUT2D eigenvalue weighted by atomic mass is 9.94. The number of alkyl halides is 2. The van der Waals surface area contributed by atoms with Crippen LogP contribution < -0.4 is 5.32 Å². The van der Waals surface area contributed by atoms with Crippen LogP contribution >= 0.6 is 11.3 Å². The van der Waals surface area contributed by atoms with E-state index in [0.29, 0.717) is 5.01 Å². The van der Waals surface area contributed by atoms with Gasteiger partial charge < -0.3 is 10.2 Å². The molecule has 0 spiro atoms. The Morgan fingerprint density at radius 3 is 2.92 bits per heavy atom. The first-order valence-corrected chi connectivity index (χ1v) is 8.61. The molecule has 1 aliphatic heterocycles. The third-order valence-electron chi connectivity index (χ3n) is 4.02. The molecule has 1 unspecified atom stereocenters. The quantitative estimate of drug-likeness (QED) is 0.847. The Balaban J connectivity index is 1.65. The van der Waals surface area contributed by atoms with E-state index in [2.05, 4.69) is 16.9 Å². The molecule has 0 bridgehead atoms. The molecule has 8 heteroatoms. The summed E-state index contributed by atoms with van der Waals surface area (Å²) in [5.74, 6) is -5.14. The molecule has 1 aromatic carbocycles. The van der Waals surface area contributed by atoms with Crippen molar-refractivity contribution in [2.24, 2.45) is 5.92 Å². The highest BCUT2D eigenvalue weighted by atomic mass is 32.1. The summed E-state index contributed by atoms with van der Waals surface area (Å²) in [5, 5.41) is 3.36. The molecule has 0 radical (unpaired) electrons. The van der Waals surface area contributed by atoms with E-state index in [-0.39, 0.29) is 13.1 Å². The molecule has 0 saturated carbocycles. The molecule has 25 heavy (non-hydrogen) atoms. The number of benzene rings is 1. The fourth-order valence-corrected chi connectivity index (χ4v) is 3.78. The first-order valence-electron chi connectivity index (χ1n) is 7.79. The predicted molar refractivity (Wildman–Crippen MR) is 91.3 cm³/mol. The van der Waals surface area contributed by atoms with E-state index >= 15 is 0 Å². The second-order valence-electron chi connectivity index (χ2n) is 5.97. The Hall–Kier alpha value is -2.35. The first kappa shape index (κ1) is 17.5. The summed E-state index contributed by atoms with van der Waals surface area (Å²) in [6, 6.07) is 7.58. The molecule has 1 saturated heterocycles. The highest BCUT2D eigenvalue weighted by molar-refractivity contribution is 7.18. The summed E-state index contributed by atoms with van der Waals surface area (Å²) in [6.07, 6.45) is 0.414. The van der Waals surface area contributed by atoms with Gasteiger partial charge in [-0.3, -0.25) is 9.59 Å². The van der Waals surface area contributed by atoms with Gasteiger partial charge in [-0.25, -0.2) is 13.8 Å². The number of halogens is 2. The van der Waals surface area contributed by atoms with Crippen LogP contribution in [0, 0.1) is 5.92 Å². The van der Waals surface area contributed by atoms with E-state index in [9.17, 15) is 18.4 Å². The van der Waals surface area contributed by atoms with Gasteiger partial charge in [0.15, 0.2) is 0 Å². The summed E-state index contributed by atoms with van der Waals surface area (Å²) in [6.45, 7) is 2.77. The number of fused-ring (bicyclic) bond motifs is 1.